The van der Waals surface area contributed by atoms with Crippen LogP contribution in [0.3, 0.4) is 0 Å². The van der Waals surface area contributed by atoms with Gasteiger partial charge in [-0.25, -0.2) is 0 Å². The van der Waals surface area contributed by atoms with Crippen LogP contribution < -0.4 is 0 Å². The molecule has 0 atom stereocenters. The van der Waals surface area contributed by atoms with Gasteiger partial charge in [-0.15, -0.1) is 0 Å². The molecule has 0 aromatic heterocycles. The molecule has 68 valence electrons. The molecule has 0 saturated carbocycles. The number of hydrogen-bond donors (Lipinski definition) is 2. The van der Waals surface area contributed by atoms with Crippen LogP contribution in [0, 0.1) is 22.7 Å². The molecule has 0 saturated heterocycles. The van der Waals surface area contributed by atoms with E-state index in [1.54, 1.807) is 12.1 Å². The molecule has 14 heavy (non-hydrogen) atoms. The summed E-state index contributed by atoms with van der Waals surface area (Å²) in [5, 5.41) is 35.3. The second-order valence-electron chi connectivity index (χ2n) is 2.47. The average Bonchev–Trinajstić information content (AvgIpc) is 2.20. The molecule has 0 spiro atoms. The molecule has 0 aliphatic heterocycles. The van der Waals surface area contributed by atoms with Crippen molar-refractivity contribution in [1.29, 1.82) is 10.5 Å². The highest BCUT2D eigenvalue weighted by Gasteiger charge is 2.09. The summed E-state index contributed by atoms with van der Waals surface area (Å²) >= 11 is 0. The zero-order chi connectivity index (χ0) is 10.6. The molecular formula is C10H6N2O2. The van der Waals surface area contributed by atoms with Crippen LogP contribution in [0.5, 0.6) is 11.5 Å². The predicted molar refractivity (Wildman–Crippen MR) is 49.1 cm³/mol. The van der Waals surface area contributed by atoms with Gasteiger partial charge < -0.3 is 10.2 Å². The Morgan fingerprint density at radius 3 is 2.50 bits per heavy atom. The molecule has 1 aromatic carbocycles. The van der Waals surface area contributed by atoms with Gasteiger partial charge in [-0.05, 0) is 23.8 Å². The SMILES string of the molecule is N#C/C=C/c1ccc(O)c(O)c1C#N. The summed E-state index contributed by atoms with van der Waals surface area (Å²) in [6.07, 6.45) is 2.57. The third kappa shape index (κ3) is 1.65. The fourth-order valence-electron chi connectivity index (χ4n) is 0.979. The van der Waals surface area contributed by atoms with Crippen molar-refractivity contribution >= 4 is 6.08 Å². The van der Waals surface area contributed by atoms with Crippen LogP contribution in [-0.4, -0.2) is 10.2 Å². The maximum atomic E-state index is 9.29. The molecule has 2 N–H and O–H groups in total. The number of nitriles is 2. The van der Waals surface area contributed by atoms with Gasteiger partial charge in [0.2, 0.25) is 0 Å². The molecule has 0 unspecified atom stereocenters. The zero-order valence-corrected chi connectivity index (χ0v) is 7.10. The number of rotatable bonds is 1. The number of allylic oxidation sites excluding steroid dienone is 1. The highest BCUT2D eigenvalue weighted by molar-refractivity contribution is 5.66. The van der Waals surface area contributed by atoms with Crippen LogP contribution in [0.15, 0.2) is 18.2 Å². The van der Waals surface area contributed by atoms with Crippen LogP contribution in [0.1, 0.15) is 11.1 Å². The van der Waals surface area contributed by atoms with Crippen molar-refractivity contribution in [2.24, 2.45) is 0 Å². The topological polar surface area (TPSA) is 88.0 Å². The summed E-state index contributed by atoms with van der Waals surface area (Å²) in [5.41, 5.74) is 0.348. The van der Waals surface area contributed by atoms with Crippen molar-refractivity contribution < 1.29 is 10.2 Å². The van der Waals surface area contributed by atoms with Crippen LogP contribution in [0.4, 0.5) is 0 Å². The Hall–Kier alpha value is -2.46. The van der Waals surface area contributed by atoms with Crippen LogP contribution in [0.2, 0.25) is 0 Å². The largest absolute Gasteiger partial charge is 0.504 e. The lowest BCUT2D eigenvalue weighted by atomic mass is 10.1. The van der Waals surface area contributed by atoms with Crippen LogP contribution >= 0.6 is 0 Å². The number of aromatic hydroxyl groups is 2. The predicted octanol–water partition coefficient (Wildman–Crippen LogP) is 1.51. The van der Waals surface area contributed by atoms with Gasteiger partial charge in [-0.3, -0.25) is 0 Å². The minimum Gasteiger partial charge on any atom is -0.504 e. The molecule has 1 aromatic rings. The summed E-state index contributed by atoms with van der Waals surface area (Å²) in [5.74, 6) is -0.816. The van der Waals surface area contributed by atoms with Crippen LogP contribution in [-0.2, 0) is 0 Å². The number of benzene rings is 1. The van der Waals surface area contributed by atoms with E-state index in [4.69, 9.17) is 15.6 Å². The Morgan fingerprint density at radius 1 is 1.21 bits per heavy atom. The summed E-state index contributed by atoms with van der Waals surface area (Å²) < 4.78 is 0. The lowest BCUT2D eigenvalue weighted by Gasteiger charge is -2.02. The lowest BCUT2D eigenvalue weighted by Crippen LogP contribution is -1.83. The minimum absolute atomic E-state index is 0.0449. The molecule has 0 heterocycles. The highest BCUT2D eigenvalue weighted by Crippen LogP contribution is 2.31. The molecule has 0 bridgehead atoms. The van der Waals surface area contributed by atoms with E-state index in [0.717, 1.165) is 0 Å². The lowest BCUT2D eigenvalue weighted by molar-refractivity contribution is 0.402. The van der Waals surface area contributed by atoms with Crippen molar-refractivity contribution in [2.75, 3.05) is 0 Å². The van der Waals surface area contributed by atoms with Gasteiger partial charge in [0, 0.05) is 6.08 Å². The fraction of sp³-hybridized carbons (Fsp3) is 0. The van der Waals surface area contributed by atoms with E-state index in [1.165, 1.54) is 24.3 Å². The van der Waals surface area contributed by atoms with E-state index >= 15 is 0 Å². The number of nitrogens with zero attached hydrogens (tertiary/aromatic N) is 2. The first kappa shape index (κ1) is 9.63. The Bertz CT molecular complexity index is 464. The molecular weight excluding hydrogens is 180 g/mol. The van der Waals surface area contributed by atoms with Crippen molar-refractivity contribution in [3.63, 3.8) is 0 Å². The van der Waals surface area contributed by atoms with E-state index in [2.05, 4.69) is 0 Å². The van der Waals surface area contributed by atoms with Gasteiger partial charge >= 0.3 is 0 Å². The first-order valence-corrected chi connectivity index (χ1v) is 3.72. The van der Waals surface area contributed by atoms with Crippen molar-refractivity contribution in [2.45, 2.75) is 0 Å². The van der Waals surface area contributed by atoms with E-state index in [1.807, 2.05) is 0 Å². The van der Waals surface area contributed by atoms with E-state index in [-0.39, 0.29) is 11.3 Å². The monoisotopic (exact) mass is 186 g/mol. The molecule has 0 aliphatic rings. The number of phenolic OH excluding ortho intramolecular Hbond substituents is 2. The summed E-state index contributed by atoms with van der Waals surface area (Å²) in [4.78, 5) is 0. The molecule has 4 nitrogen and oxygen atoms in total. The Morgan fingerprint density at radius 2 is 1.93 bits per heavy atom. The Labute approximate surface area is 80.6 Å². The fourth-order valence-corrected chi connectivity index (χ4v) is 0.979. The van der Waals surface area contributed by atoms with Gasteiger partial charge in [0.15, 0.2) is 11.5 Å². The van der Waals surface area contributed by atoms with Crippen LogP contribution in [0.25, 0.3) is 6.08 Å². The molecule has 0 radical (unpaired) electrons. The smallest absolute Gasteiger partial charge is 0.176 e. The van der Waals surface area contributed by atoms with Crippen molar-refractivity contribution in [3.8, 4) is 23.6 Å². The van der Waals surface area contributed by atoms with Crippen molar-refractivity contribution in [3.05, 3.63) is 29.3 Å². The summed E-state index contributed by atoms with van der Waals surface area (Å²) in [6, 6.07) is 6.21. The molecule has 0 fully saturated rings. The second-order valence-corrected chi connectivity index (χ2v) is 2.47. The molecule has 0 aliphatic carbocycles. The molecule has 1 rings (SSSR count). The van der Waals surface area contributed by atoms with Crippen molar-refractivity contribution in [1.82, 2.24) is 0 Å². The quantitative estimate of drug-likeness (QED) is 0.514. The van der Waals surface area contributed by atoms with Gasteiger partial charge in [0.1, 0.15) is 11.6 Å². The van der Waals surface area contributed by atoms with Gasteiger partial charge in [-0.2, -0.15) is 10.5 Å². The second kappa shape index (κ2) is 3.97. The standard InChI is InChI=1S/C10H6N2O2/c11-5-1-2-7-3-4-9(13)10(14)8(7)6-12/h1-4,13-14H/b2-1+. The van der Waals surface area contributed by atoms with E-state index in [9.17, 15) is 5.11 Å². The Kier molecular flexibility index (Phi) is 2.73. The summed E-state index contributed by atoms with van der Waals surface area (Å²) in [6.45, 7) is 0. The average molecular weight is 186 g/mol. The number of phenols is 2. The minimum atomic E-state index is -0.465. The highest BCUT2D eigenvalue weighted by atomic mass is 16.3. The molecule has 4 heteroatoms. The van der Waals surface area contributed by atoms with Gasteiger partial charge in [-0.1, -0.05) is 0 Å². The maximum absolute atomic E-state index is 9.29. The first-order chi connectivity index (χ1) is 6.70. The van der Waals surface area contributed by atoms with Gasteiger partial charge in [0.05, 0.1) is 6.07 Å². The summed E-state index contributed by atoms with van der Waals surface area (Å²) in [7, 11) is 0. The third-order valence-corrected chi connectivity index (χ3v) is 1.64. The third-order valence-electron chi connectivity index (χ3n) is 1.64. The van der Waals surface area contributed by atoms with E-state index < -0.39 is 5.75 Å². The Balaban J connectivity index is 3.35. The van der Waals surface area contributed by atoms with E-state index in [0.29, 0.717) is 5.56 Å². The maximum Gasteiger partial charge on any atom is 0.176 e. The molecule has 0 amide bonds. The number of hydrogen-bond acceptors (Lipinski definition) is 4. The van der Waals surface area contributed by atoms with Gasteiger partial charge in [0.25, 0.3) is 0 Å². The normalized spacial score (nSPS) is 9.57. The zero-order valence-electron chi connectivity index (χ0n) is 7.10. The first-order valence-electron chi connectivity index (χ1n) is 3.72.